The summed E-state index contributed by atoms with van der Waals surface area (Å²) in [6, 6.07) is 13.8. The summed E-state index contributed by atoms with van der Waals surface area (Å²) >= 11 is 0. The zero-order chi connectivity index (χ0) is 17.9. The van der Waals surface area contributed by atoms with Gasteiger partial charge in [0.25, 0.3) is 5.91 Å². The normalized spacial score (nSPS) is 20.0. The molecule has 2 heterocycles. The lowest BCUT2D eigenvalue weighted by atomic mass is 9.87. The first kappa shape index (κ1) is 16.7. The average Bonchev–Trinajstić information content (AvgIpc) is 2.68. The van der Waals surface area contributed by atoms with E-state index in [-0.39, 0.29) is 11.9 Å². The van der Waals surface area contributed by atoms with Crippen molar-refractivity contribution in [3.63, 3.8) is 0 Å². The molecule has 3 aromatic rings. The van der Waals surface area contributed by atoms with Crippen molar-refractivity contribution in [3.05, 3.63) is 60.4 Å². The standard InChI is InChI=1S/C22H23N3O/c1-15-6-4-8-17(12-15)24-22(26)19-13-21(16-7-5-11-23-14-16)25-20-10-3-2-9-18(19)20/h2-3,5,7,9-11,13-15,17H,4,6,8,12H2,1H3,(H,24,26). The summed E-state index contributed by atoms with van der Waals surface area (Å²) in [6.45, 7) is 2.26. The molecule has 26 heavy (non-hydrogen) atoms. The van der Waals surface area contributed by atoms with Crippen molar-refractivity contribution in [2.24, 2.45) is 5.92 Å². The van der Waals surface area contributed by atoms with Gasteiger partial charge in [0.05, 0.1) is 16.8 Å². The Labute approximate surface area is 153 Å². The second-order valence-corrected chi connectivity index (χ2v) is 7.26. The van der Waals surface area contributed by atoms with E-state index < -0.39 is 0 Å². The van der Waals surface area contributed by atoms with Gasteiger partial charge in [-0.05, 0) is 43.0 Å². The van der Waals surface area contributed by atoms with Crippen molar-refractivity contribution in [3.8, 4) is 11.3 Å². The second kappa shape index (κ2) is 7.24. The van der Waals surface area contributed by atoms with E-state index >= 15 is 0 Å². The number of hydrogen-bond donors (Lipinski definition) is 1. The Bertz CT molecular complexity index is 923. The fraction of sp³-hybridized carbons (Fsp3) is 0.318. The third-order valence-electron chi connectivity index (χ3n) is 5.19. The van der Waals surface area contributed by atoms with E-state index in [1.807, 2.05) is 42.5 Å². The number of nitrogens with zero attached hydrogens (tertiary/aromatic N) is 2. The number of aromatic nitrogens is 2. The minimum Gasteiger partial charge on any atom is -0.349 e. The van der Waals surface area contributed by atoms with E-state index in [0.717, 1.165) is 35.0 Å². The molecule has 4 rings (SSSR count). The van der Waals surface area contributed by atoms with Crippen molar-refractivity contribution >= 4 is 16.8 Å². The highest BCUT2D eigenvalue weighted by atomic mass is 16.1. The fourth-order valence-corrected chi connectivity index (χ4v) is 3.85. The van der Waals surface area contributed by atoms with E-state index in [9.17, 15) is 4.79 Å². The maximum absolute atomic E-state index is 13.1. The summed E-state index contributed by atoms with van der Waals surface area (Å²) in [6.07, 6.45) is 8.09. The number of pyridine rings is 2. The third-order valence-corrected chi connectivity index (χ3v) is 5.19. The highest BCUT2D eigenvalue weighted by Gasteiger charge is 2.22. The molecule has 1 aliphatic rings. The number of hydrogen-bond acceptors (Lipinski definition) is 3. The van der Waals surface area contributed by atoms with E-state index in [1.165, 1.54) is 12.8 Å². The summed E-state index contributed by atoms with van der Waals surface area (Å²) in [5.41, 5.74) is 3.21. The molecule has 4 nitrogen and oxygen atoms in total. The van der Waals surface area contributed by atoms with Crippen molar-refractivity contribution in [2.75, 3.05) is 0 Å². The molecule has 1 aliphatic carbocycles. The SMILES string of the molecule is CC1CCCC(NC(=O)c2cc(-c3cccnc3)nc3ccccc23)C1. The van der Waals surface area contributed by atoms with Crippen LogP contribution in [0.25, 0.3) is 22.2 Å². The molecule has 0 bridgehead atoms. The van der Waals surface area contributed by atoms with Gasteiger partial charge in [-0.1, -0.05) is 38.0 Å². The summed E-state index contributed by atoms with van der Waals surface area (Å²) in [7, 11) is 0. The predicted molar refractivity (Wildman–Crippen MR) is 104 cm³/mol. The molecular weight excluding hydrogens is 322 g/mol. The number of amides is 1. The highest BCUT2D eigenvalue weighted by molar-refractivity contribution is 6.07. The van der Waals surface area contributed by atoms with Crippen LogP contribution in [0.4, 0.5) is 0 Å². The lowest BCUT2D eigenvalue weighted by Crippen LogP contribution is -2.38. The van der Waals surface area contributed by atoms with Gasteiger partial charge in [-0.2, -0.15) is 0 Å². The topological polar surface area (TPSA) is 54.9 Å². The largest absolute Gasteiger partial charge is 0.349 e. The maximum Gasteiger partial charge on any atom is 0.252 e. The van der Waals surface area contributed by atoms with Crippen LogP contribution in [0.3, 0.4) is 0 Å². The Hall–Kier alpha value is -2.75. The smallest absolute Gasteiger partial charge is 0.252 e. The molecule has 1 fully saturated rings. The first-order chi connectivity index (χ1) is 12.7. The monoisotopic (exact) mass is 345 g/mol. The summed E-state index contributed by atoms with van der Waals surface area (Å²) < 4.78 is 0. The summed E-state index contributed by atoms with van der Waals surface area (Å²) in [4.78, 5) is 22.0. The molecule has 1 N–H and O–H groups in total. The summed E-state index contributed by atoms with van der Waals surface area (Å²) in [5, 5.41) is 4.14. The van der Waals surface area contributed by atoms with E-state index in [1.54, 1.807) is 12.4 Å². The van der Waals surface area contributed by atoms with E-state index in [2.05, 4.69) is 17.2 Å². The van der Waals surface area contributed by atoms with Gasteiger partial charge in [0.15, 0.2) is 0 Å². The number of carbonyl (C=O) groups is 1. The Morgan fingerprint density at radius 1 is 1.15 bits per heavy atom. The van der Waals surface area contributed by atoms with Crippen LogP contribution in [0, 0.1) is 5.92 Å². The molecule has 4 heteroatoms. The van der Waals surface area contributed by atoms with Crippen LogP contribution in [0.2, 0.25) is 0 Å². The van der Waals surface area contributed by atoms with Gasteiger partial charge in [-0.15, -0.1) is 0 Å². The van der Waals surface area contributed by atoms with Gasteiger partial charge in [0.2, 0.25) is 0 Å². The van der Waals surface area contributed by atoms with Crippen LogP contribution in [0.5, 0.6) is 0 Å². The maximum atomic E-state index is 13.1. The number of rotatable bonds is 3. The van der Waals surface area contributed by atoms with Crippen molar-refractivity contribution in [1.82, 2.24) is 15.3 Å². The lowest BCUT2D eigenvalue weighted by molar-refractivity contribution is 0.0923. The summed E-state index contributed by atoms with van der Waals surface area (Å²) in [5.74, 6) is 0.669. The molecule has 2 atom stereocenters. The molecule has 2 unspecified atom stereocenters. The van der Waals surface area contributed by atoms with Crippen LogP contribution < -0.4 is 5.32 Å². The van der Waals surface area contributed by atoms with Crippen LogP contribution in [-0.2, 0) is 0 Å². The Morgan fingerprint density at radius 3 is 2.85 bits per heavy atom. The second-order valence-electron chi connectivity index (χ2n) is 7.26. The number of benzene rings is 1. The van der Waals surface area contributed by atoms with Gasteiger partial charge in [0.1, 0.15) is 0 Å². The van der Waals surface area contributed by atoms with Gasteiger partial charge in [-0.25, -0.2) is 4.98 Å². The highest BCUT2D eigenvalue weighted by Crippen LogP contribution is 2.26. The Kier molecular flexibility index (Phi) is 4.65. The van der Waals surface area contributed by atoms with Crippen molar-refractivity contribution < 1.29 is 4.79 Å². The minimum atomic E-state index is -0.00663. The molecule has 0 spiro atoms. The zero-order valence-electron chi connectivity index (χ0n) is 15.0. The zero-order valence-corrected chi connectivity index (χ0v) is 15.0. The fourth-order valence-electron chi connectivity index (χ4n) is 3.85. The van der Waals surface area contributed by atoms with Crippen molar-refractivity contribution in [2.45, 2.75) is 38.6 Å². The van der Waals surface area contributed by atoms with Crippen LogP contribution in [0.1, 0.15) is 43.0 Å². The van der Waals surface area contributed by atoms with Crippen molar-refractivity contribution in [1.29, 1.82) is 0 Å². The van der Waals surface area contributed by atoms with Gasteiger partial charge < -0.3 is 5.32 Å². The lowest BCUT2D eigenvalue weighted by Gasteiger charge is -2.27. The Morgan fingerprint density at radius 2 is 2.04 bits per heavy atom. The van der Waals surface area contributed by atoms with Gasteiger partial charge in [-0.3, -0.25) is 9.78 Å². The quantitative estimate of drug-likeness (QED) is 0.754. The van der Waals surface area contributed by atoms with Gasteiger partial charge in [0, 0.05) is 29.4 Å². The molecule has 0 saturated heterocycles. The molecule has 132 valence electrons. The van der Waals surface area contributed by atoms with Crippen LogP contribution in [-0.4, -0.2) is 21.9 Å². The molecule has 0 radical (unpaired) electrons. The number of nitrogens with one attached hydrogen (secondary N) is 1. The molecule has 1 amide bonds. The van der Waals surface area contributed by atoms with E-state index in [0.29, 0.717) is 11.5 Å². The molecule has 0 aliphatic heterocycles. The Balaban J connectivity index is 1.72. The molecular formula is C22H23N3O. The predicted octanol–water partition coefficient (Wildman–Crippen LogP) is 4.61. The van der Waals surface area contributed by atoms with Crippen LogP contribution >= 0.6 is 0 Å². The number of para-hydroxylation sites is 1. The number of carbonyl (C=O) groups excluding carboxylic acids is 1. The van der Waals surface area contributed by atoms with Crippen LogP contribution in [0.15, 0.2) is 54.9 Å². The van der Waals surface area contributed by atoms with Gasteiger partial charge >= 0.3 is 0 Å². The third kappa shape index (κ3) is 3.45. The average molecular weight is 345 g/mol. The van der Waals surface area contributed by atoms with E-state index in [4.69, 9.17) is 4.98 Å². The minimum absolute atomic E-state index is 0.00663. The molecule has 1 aromatic carbocycles. The molecule has 2 aromatic heterocycles. The molecule has 1 saturated carbocycles. The first-order valence-electron chi connectivity index (χ1n) is 9.32. The first-order valence-corrected chi connectivity index (χ1v) is 9.32. The number of fused-ring (bicyclic) bond motifs is 1.